The van der Waals surface area contributed by atoms with Crippen LogP contribution < -0.4 is 10.1 Å². The zero-order valence-electron chi connectivity index (χ0n) is 23.0. The normalized spacial score (nSPS) is 22.3. The summed E-state index contributed by atoms with van der Waals surface area (Å²) in [7, 11) is 0. The minimum atomic E-state index is -1.45. The third-order valence-electron chi connectivity index (χ3n) is 5.80. The standard InChI is InChI=1S/C26H34N2O11/c1-8-17-21(39-23(31)12(2)3)14(5)37-26(34)18(11-35-25(17)33)28-22(30)19-20(13(4)9-10-27-19)38-24(32)15(6)36-16(7)29/h9-10,12,14-15,17-18,21H,8,11H2,1-7H3,(H,28,30). The number of ether oxygens (including phenoxy) is 5. The van der Waals surface area contributed by atoms with Crippen molar-refractivity contribution in [2.24, 2.45) is 11.8 Å². The van der Waals surface area contributed by atoms with Crippen LogP contribution in [0.5, 0.6) is 5.75 Å². The third kappa shape index (κ3) is 8.23. The lowest BCUT2D eigenvalue weighted by atomic mass is 9.95. The maximum Gasteiger partial charge on any atom is 0.352 e. The van der Waals surface area contributed by atoms with Gasteiger partial charge in [-0.3, -0.25) is 19.2 Å². The molecule has 0 bridgehead atoms. The van der Waals surface area contributed by atoms with Gasteiger partial charge < -0.3 is 29.0 Å². The van der Waals surface area contributed by atoms with Crippen molar-refractivity contribution in [2.45, 2.75) is 79.2 Å². The number of hydrogen-bond acceptors (Lipinski definition) is 12. The first-order valence-electron chi connectivity index (χ1n) is 12.5. The van der Waals surface area contributed by atoms with Crippen molar-refractivity contribution in [3.63, 3.8) is 0 Å². The topological polar surface area (TPSA) is 173 Å². The van der Waals surface area contributed by atoms with Gasteiger partial charge >= 0.3 is 29.8 Å². The number of carbonyl (C=O) groups is 6. The molecule has 0 aromatic carbocycles. The number of hydrogen-bond donors (Lipinski definition) is 1. The smallest absolute Gasteiger partial charge is 0.352 e. The number of rotatable bonds is 8. The Morgan fingerprint density at radius 3 is 2.38 bits per heavy atom. The van der Waals surface area contributed by atoms with Crippen LogP contribution in [0.25, 0.3) is 0 Å². The van der Waals surface area contributed by atoms with Crippen LogP contribution in [0.2, 0.25) is 0 Å². The number of aromatic nitrogens is 1. The maximum absolute atomic E-state index is 13.1. The van der Waals surface area contributed by atoms with Crippen molar-refractivity contribution in [3.8, 4) is 5.75 Å². The Kier molecular flexibility index (Phi) is 10.9. The Hall–Kier alpha value is -4.03. The van der Waals surface area contributed by atoms with Crippen molar-refractivity contribution < 1.29 is 52.5 Å². The maximum atomic E-state index is 13.1. The minimum Gasteiger partial charge on any atom is -0.463 e. The van der Waals surface area contributed by atoms with Gasteiger partial charge in [0.25, 0.3) is 5.91 Å². The molecule has 1 aliphatic rings. The van der Waals surface area contributed by atoms with E-state index < -0.39 is 78.6 Å². The van der Waals surface area contributed by atoms with Gasteiger partial charge in [0.05, 0.1) is 11.8 Å². The second-order valence-electron chi connectivity index (χ2n) is 9.35. The Morgan fingerprint density at radius 1 is 1.13 bits per heavy atom. The fourth-order valence-corrected chi connectivity index (χ4v) is 3.62. The molecule has 1 N–H and O–H groups in total. The lowest BCUT2D eigenvalue weighted by Crippen LogP contribution is -2.47. The summed E-state index contributed by atoms with van der Waals surface area (Å²) < 4.78 is 26.3. The lowest BCUT2D eigenvalue weighted by Gasteiger charge is -2.29. The van der Waals surface area contributed by atoms with Gasteiger partial charge in [0.2, 0.25) is 0 Å². The van der Waals surface area contributed by atoms with E-state index in [-0.39, 0.29) is 17.9 Å². The van der Waals surface area contributed by atoms with Gasteiger partial charge in [0, 0.05) is 13.1 Å². The summed E-state index contributed by atoms with van der Waals surface area (Å²) in [4.78, 5) is 78.7. The fourth-order valence-electron chi connectivity index (χ4n) is 3.62. The van der Waals surface area contributed by atoms with E-state index in [2.05, 4.69) is 10.3 Å². The molecule has 2 heterocycles. The van der Waals surface area contributed by atoms with E-state index in [1.54, 1.807) is 27.7 Å². The minimum absolute atomic E-state index is 0.215. The Morgan fingerprint density at radius 2 is 1.79 bits per heavy atom. The molecule has 13 heteroatoms. The largest absolute Gasteiger partial charge is 0.463 e. The highest BCUT2D eigenvalue weighted by Crippen LogP contribution is 2.25. The molecule has 5 atom stereocenters. The zero-order chi connectivity index (χ0) is 29.4. The number of aryl methyl sites for hydroxylation is 1. The van der Waals surface area contributed by atoms with Crippen LogP contribution in [0.1, 0.15) is 64.0 Å². The number of nitrogens with zero attached hydrogens (tertiary/aromatic N) is 1. The van der Waals surface area contributed by atoms with E-state index in [1.165, 1.54) is 26.1 Å². The molecular formula is C26H34N2O11. The number of cyclic esters (lactones) is 2. The first kappa shape index (κ1) is 31.2. The van der Waals surface area contributed by atoms with E-state index in [0.29, 0.717) is 5.56 Å². The number of pyridine rings is 1. The summed E-state index contributed by atoms with van der Waals surface area (Å²) in [6.45, 7) is 9.83. The molecule has 39 heavy (non-hydrogen) atoms. The van der Waals surface area contributed by atoms with Gasteiger partial charge in [-0.25, -0.2) is 14.6 Å². The molecule has 1 saturated heterocycles. The second kappa shape index (κ2) is 13.7. The molecule has 0 radical (unpaired) electrons. The molecule has 1 aromatic heterocycles. The zero-order valence-corrected chi connectivity index (χ0v) is 23.0. The monoisotopic (exact) mass is 550 g/mol. The Bertz CT molecular complexity index is 1120. The third-order valence-corrected chi connectivity index (χ3v) is 5.80. The van der Waals surface area contributed by atoms with Crippen LogP contribution in [0.3, 0.4) is 0 Å². The highest BCUT2D eigenvalue weighted by Gasteiger charge is 2.41. The molecule has 1 amide bonds. The van der Waals surface area contributed by atoms with E-state index >= 15 is 0 Å². The molecule has 1 fully saturated rings. The van der Waals surface area contributed by atoms with Gasteiger partial charge in [-0.05, 0) is 38.8 Å². The summed E-state index contributed by atoms with van der Waals surface area (Å²) in [6.07, 6.45) is -1.86. The number of amides is 1. The summed E-state index contributed by atoms with van der Waals surface area (Å²) >= 11 is 0. The average Bonchev–Trinajstić information content (AvgIpc) is 2.89. The molecule has 0 saturated carbocycles. The van der Waals surface area contributed by atoms with Gasteiger partial charge in [-0.15, -0.1) is 0 Å². The van der Waals surface area contributed by atoms with Crippen LogP contribution in [0, 0.1) is 18.8 Å². The van der Waals surface area contributed by atoms with Gasteiger partial charge in [0.15, 0.2) is 29.7 Å². The molecular weight excluding hydrogens is 516 g/mol. The van der Waals surface area contributed by atoms with E-state index in [0.717, 1.165) is 6.92 Å². The van der Waals surface area contributed by atoms with Crippen molar-refractivity contribution in [3.05, 3.63) is 23.5 Å². The molecule has 1 aromatic rings. The number of esters is 5. The van der Waals surface area contributed by atoms with Gasteiger partial charge in [-0.1, -0.05) is 20.8 Å². The molecule has 1 aliphatic heterocycles. The molecule has 13 nitrogen and oxygen atoms in total. The van der Waals surface area contributed by atoms with Crippen molar-refractivity contribution in [2.75, 3.05) is 6.61 Å². The number of carbonyl (C=O) groups excluding carboxylic acids is 6. The highest BCUT2D eigenvalue weighted by atomic mass is 16.6. The molecule has 2 rings (SSSR count). The Labute approximate surface area is 225 Å². The quantitative estimate of drug-likeness (QED) is 0.365. The van der Waals surface area contributed by atoms with E-state index in [1.807, 2.05) is 0 Å². The van der Waals surface area contributed by atoms with Crippen LogP contribution >= 0.6 is 0 Å². The molecule has 214 valence electrons. The molecule has 0 aliphatic carbocycles. The van der Waals surface area contributed by atoms with Crippen LogP contribution in [-0.4, -0.2) is 71.7 Å². The van der Waals surface area contributed by atoms with Gasteiger partial charge in [0.1, 0.15) is 12.7 Å². The average molecular weight is 551 g/mol. The van der Waals surface area contributed by atoms with Crippen LogP contribution in [-0.2, 0) is 42.9 Å². The first-order valence-corrected chi connectivity index (χ1v) is 12.5. The fraction of sp³-hybridized carbons (Fsp3) is 0.577. The molecule has 5 unspecified atom stereocenters. The van der Waals surface area contributed by atoms with Crippen LogP contribution in [0.4, 0.5) is 0 Å². The summed E-state index contributed by atoms with van der Waals surface area (Å²) in [5, 5.41) is 2.39. The Balaban J connectivity index is 2.28. The second-order valence-corrected chi connectivity index (χ2v) is 9.35. The SMILES string of the molecule is CCC1C(=O)OCC(NC(=O)c2nccc(C)c2OC(=O)C(C)OC(C)=O)C(=O)OC(C)C1OC(=O)C(C)C. The lowest BCUT2D eigenvalue weighted by molar-refractivity contribution is -0.176. The van der Waals surface area contributed by atoms with Crippen molar-refractivity contribution in [1.82, 2.24) is 10.3 Å². The first-order chi connectivity index (χ1) is 18.3. The summed E-state index contributed by atoms with van der Waals surface area (Å²) in [6, 6.07) is 0.0312. The number of nitrogens with one attached hydrogen (secondary N) is 1. The van der Waals surface area contributed by atoms with Crippen LogP contribution in [0.15, 0.2) is 12.3 Å². The van der Waals surface area contributed by atoms with Gasteiger partial charge in [-0.2, -0.15) is 0 Å². The van der Waals surface area contributed by atoms with E-state index in [9.17, 15) is 28.8 Å². The summed E-state index contributed by atoms with van der Waals surface area (Å²) in [5.41, 5.74) is 0.0109. The highest BCUT2D eigenvalue weighted by molar-refractivity contribution is 5.98. The predicted octanol–water partition coefficient (Wildman–Crippen LogP) is 1.43. The van der Waals surface area contributed by atoms with Crippen molar-refractivity contribution in [1.29, 1.82) is 0 Å². The summed E-state index contributed by atoms with van der Waals surface area (Å²) in [5.74, 6) is -6.44. The van der Waals surface area contributed by atoms with E-state index in [4.69, 9.17) is 23.7 Å². The molecule has 0 spiro atoms. The predicted molar refractivity (Wildman–Crippen MR) is 132 cm³/mol. The van der Waals surface area contributed by atoms with Crippen molar-refractivity contribution >= 4 is 35.8 Å².